The number of hydrogen-bond donors (Lipinski definition) is 0. The molecule has 0 unspecified atom stereocenters. The van der Waals surface area contributed by atoms with Gasteiger partial charge in [-0.1, -0.05) is 164 Å². The average molecular weight is 859 g/mol. The van der Waals surface area contributed by atoms with Gasteiger partial charge in [0, 0.05) is 52.4 Å². The minimum absolute atomic E-state index is 0.645. The minimum Gasteiger partial charge on any atom is -0.301 e. The van der Waals surface area contributed by atoms with Gasteiger partial charge in [0.2, 0.25) is 0 Å². The van der Waals surface area contributed by atoms with Crippen LogP contribution in [0.2, 0.25) is 0 Å². The molecule has 3 aromatic heterocycles. The van der Waals surface area contributed by atoms with Gasteiger partial charge in [-0.05, 0) is 74.3 Å². The van der Waals surface area contributed by atoms with Gasteiger partial charge in [-0.25, -0.2) is 15.0 Å². The minimum atomic E-state index is 0.645. The number of aromatic nitrogens is 4. The summed E-state index contributed by atoms with van der Waals surface area (Å²) in [7, 11) is 0. The van der Waals surface area contributed by atoms with Gasteiger partial charge < -0.3 is 4.57 Å². The first kappa shape index (κ1) is 33.8. The number of halogens is 1. The predicted molar refractivity (Wildman–Crippen MR) is 247 cm³/mol. The standard InChI is InChI=1S/C51H31IN4S/c52-46-40-24-14-13-23-39(40)44-45-41-31-37(29-30-42(41)56(38-21-11-4-12-22-38)51(45)57-47(44)43(46)33-15-5-1-6-16-33)32-25-27-36(28-26-32)50-54-48(34-17-7-2-8-18-34)53-49(55-50)35-19-9-3-10-20-35/h1-31H. The molecule has 0 aliphatic carbocycles. The van der Waals surface area contributed by atoms with Gasteiger partial charge in [0.25, 0.3) is 0 Å². The largest absolute Gasteiger partial charge is 0.301 e. The monoisotopic (exact) mass is 858 g/mol. The lowest BCUT2D eigenvalue weighted by Gasteiger charge is -2.12. The number of rotatable bonds is 6. The lowest BCUT2D eigenvalue weighted by molar-refractivity contribution is 1.07. The average Bonchev–Trinajstić information content (AvgIpc) is 3.82. The lowest BCUT2D eigenvalue weighted by atomic mass is 9.96. The van der Waals surface area contributed by atoms with E-state index in [1.54, 1.807) is 0 Å². The Balaban J connectivity index is 1.11. The van der Waals surface area contributed by atoms with Crippen molar-refractivity contribution in [3.05, 3.63) is 192 Å². The fraction of sp³-hybridized carbons (Fsp3) is 0. The highest BCUT2D eigenvalue weighted by atomic mass is 127. The second kappa shape index (κ2) is 13.9. The second-order valence-corrected chi connectivity index (χ2v) is 16.2. The predicted octanol–water partition coefficient (Wildman–Crippen LogP) is 14.3. The van der Waals surface area contributed by atoms with E-state index < -0.39 is 0 Å². The van der Waals surface area contributed by atoms with Crippen LogP contribution in [0.3, 0.4) is 0 Å². The molecule has 11 aromatic rings. The highest BCUT2D eigenvalue weighted by molar-refractivity contribution is 14.1. The number of hydrogen-bond acceptors (Lipinski definition) is 4. The zero-order chi connectivity index (χ0) is 37.9. The van der Waals surface area contributed by atoms with Crippen LogP contribution in [-0.2, 0) is 0 Å². The summed E-state index contributed by atoms with van der Waals surface area (Å²) in [4.78, 5) is 16.1. The molecular formula is C51H31IN4S. The topological polar surface area (TPSA) is 43.6 Å². The van der Waals surface area contributed by atoms with Crippen LogP contribution in [0, 0.1) is 3.57 Å². The summed E-state index contributed by atoms with van der Waals surface area (Å²) >= 11 is 4.47. The Morgan fingerprint density at radius 2 is 0.877 bits per heavy atom. The number of benzene rings is 8. The molecule has 6 heteroatoms. The summed E-state index contributed by atoms with van der Waals surface area (Å²) in [5.74, 6) is 1.95. The molecule has 0 aliphatic rings. The smallest absolute Gasteiger partial charge is 0.164 e. The molecule has 11 rings (SSSR count). The van der Waals surface area contributed by atoms with Gasteiger partial charge in [0.15, 0.2) is 17.5 Å². The number of para-hydroxylation sites is 1. The Morgan fingerprint density at radius 3 is 1.47 bits per heavy atom. The Bertz CT molecular complexity index is 3210. The maximum absolute atomic E-state index is 4.97. The molecule has 268 valence electrons. The van der Waals surface area contributed by atoms with E-state index in [2.05, 4.69) is 155 Å². The Labute approximate surface area is 346 Å². The third kappa shape index (κ3) is 5.74. The van der Waals surface area contributed by atoms with Crippen LogP contribution in [0.4, 0.5) is 0 Å². The van der Waals surface area contributed by atoms with E-state index in [4.69, 9.17) is 15.0 Å². The van der Waals surface area contributed by atoms with Crippen molar-refractivity contribution in [1.29, 1.82) is 0 Å². The van der Waals surface area contributed by atoms with Crippen molar-refractivity contribution in [1.82, 2.24) is 19.5 Å². The van der Waals surface area contributed by atoms with Crippen LogP contribution in [0.25, 0.3) is 104 Å². The van der Waals surface area contributed by atoms with E-state index in [0.29, 0.717) is 17.5 Å². The molecule has 0 spiro atoms. The summed E-state index contributed by atoms with van der Waals surface area (Å²) in [6.45, 7) is 0. The van der Waals surface area contributed by atoms with Crippen LogP contribution < -0.4 is 0 Å². The number of thiophene rings is 1. The van der Waals surface area contributed by atoms with E-state index in [1.807, 2.05) is 72.0 Å². The number of nitrogens with zero attached hydrogens (tertiary/aromatic N) is 4. The van der Waals surface area contributed by atoms with Crippen molar-refractivity contribution in [2.24, 2.45) is 0 Å². The zero-order valence-electron chi connectivity index (χ0n) is 30.5. The lowest BCUT2D eigenvalue weighted by Crippen LogP contribution is -2.00. The maximum atomic E-state index is 4.97. The summed E-state index contributed by atoms with van der Waals surface area (Å²) in [5, 5.41) is 6.41. The first-order chi connectivity index (χ1) is 28.2. The quantitative estimate of drug-likeness (QED) is 0.156. The van der Waals surface area contributed by atoms with Gasteiger partial charge >= 0.3 is 0 Å². The van der Waals surface area contributed by atoms with E-state index in [9.17, 15) is 0 Å². The van der Waals surface area contributed by atoms with Crippen molar-refractivity contribution in [3.8, 4) is 62.1 Å². The Hall–Kier alpha value is -6.48. The first-order valence-electron chi connectivity index (χ1n) is 18.9. The van der Waals surface area contributed by atoms with Gasteiger partial charge in [0.1, 0.15) is 4.83 Å². The normalized spacial score (nSPS) is 11.6. The van der Waals surface area contributed by atoms with Gasteiger partial charge in [0.05, 0.1) is 5.52 Å². The second-order valence-electron chi connectivity index (χ2n) is 14.1. The van der Waals surface area contributed by atoms with Gasteiger partial charge in [-0.2, -0.15) is 0 Å². The van der Waals surface area contributed by atoms with Crippen LogP contribution in [0.1, 0.15) is 0 Å². The first-order valence-corrected chi connectivity index (χ1v) is 20.8. The van der Waals surface area contributed by atoms with E-state index in [0.717, 1.165) is 33.5 Å². The molecule has 57 heavy (non-hydrogen) atoms. The summed E-state index contributed by atoms with van der Waals surface area (Å²) in [6, 6.07) is 66.3. The fourth-order valence-electron chi connectivity index (χ4n) is 8.05. The molecule has 3 heterocycles. The van der Waals surface area contributed by atoms with Crippen LogP contribution in [-0.4, -0.2) is 19.5 Å². The zero-order valence-corrected chi connectivity index (χ0v) is 33.4. The molecule has 0 aliphatic heterocycles. The highest BCUT2D eigenvalue weighted by Gasteiger charge is 2.24. The number of fused-ring (bicyclic) bond motifs is 7. The molecule has 0 saturated carbocycles. The summed E-state index contributed by atoms with van der Waals surface area (Å²) in [5.41, 5.74) is 10.0. The van der Waals surface area contributed by atoms with E-state index in [-0.39, 0.29) is 0 Å². The summed E-state index contributed by atoms with van der Waals surface area (Å²) in [6.07, 6.45) is 0. The Morgan fingerprint density at radius 1 is 0.404 bits per heavy atom. The SMILES string of the molecule is Ic1c(-c2ccccc2)c2sc3c(c4cc(-c5ccc(-c6nc(-c7ccccc7)nc(-c7ccccc7)n6)cc5)ccc4n3-c3ccccc3)c2c2ccccc12. The van der Waals surface area contributed by atoms with E-state index >= 15 is 0 Å². The highest BCUT2D eigenvalue weighted by Crippen LogP contribution is 2.50. The molecule has 0 bridgehead atoms. The van der Waals surface area contributed by atoms with Gasteiger partial charge in [-0.15, -0.1) is 11.3 Å². The third-order valence-electron chi connectivity index (χ3n) is 10.7. The molecular weight excluding hydrogens is 828 g/mol. The molecule has 0 N–H and O–H groups in total. The van der Waals surface area contributed by atoms with Crippen molar-refractivity contribution in [2.75, 3.05) is 0 Å². The maximum Gasteiger partial charge on any atom is 0.164 e. The molecule has 0 amide bonds. The molecule has 0 atom stereocenters. The van der Waals surface area contributed by atoms with E-state index in [1.165, 1.54) is 56.7 Å². The fourth-order valence-corrected chi connectivity index (χ4v) is 10.7. The van der Waals surface area contributed by atoms with Crippen molar-refractivity contribution in [2.45, 2.75) is 0 Å². The molecule has 0 fully saturated rings. The van der Waals surface area contributed by atoms with Crippen molar-refractivity contribution in [3.63, 3.8) is 0 Å². The van der Waals surface area contributed by atoms with Crippen LogP contribution >= 0.6 is 33.9 Å². The van der Waals surface area contributed by atoms with Crippen LogP contribution in [0.5, 0.6) is 0 Å². The molecule has 4 nitrogen and oxygen atoms in total. The van der Waals surface area contributed by atoms with Crippen molar-refractivity contribution < 1.29 is 0 Å². The molecule has 8 aromatic carbocycles. The molecule has 0 radical (unpaired) electrons. The Kier molecular flexibility index (Phi) is 8.26. The van der Waals surface area contributed by atoms with Crippen molar-refractivity contribution >= 4 is 75.9 Å². The van der Waals surface area contributed by atoms with Gasteiger partial charge in [-0.3, -0.25) is 0 Å². The third-order valence-corrected chi connectivity index (χ3v) is 13.0. The molecule has 0 saturated heterocycles. The van der Waals surface area contributed by atoms with Crippen LogP contribution in [0.15, 0.2) is 188 Å². The summed E-state index contributed by atoms with van der Waals surface area (Å²) < 4.78 is 5.05.